The van der Waals surface area contributed by atoms with E-state index in [1.807, 2.05) is 42.5 Å². The van der Waals surface area contributed by atoms with Gasteiger partial charge in [0.2, 0.25) is 0 Å². The number of thioether (sulfide) groups is 1. The Morgan fingerprint density at radius 2 is 1.74 bits per heavy atom. The molecule has 0 fully saturated rings. The number of benzene rings is 2. The van der Waals surface area contributed by atoms with E-state index in [9.17, 15) is 9.90 Å². The molecule has 0 spiro atoms. The summed E-state index contributed by atoms with van der Waals surface area (Å²) in [6, 6.07) is 20.5. The summed E-state index contributed by atoms with van der Waals surface area (Å²) in [6.45, 7) is 0. The molecule has 7 heteroatoms. The summed E-state index contributed by atoms with van der Waals surface area (Å²) in [5, 5.41) is 12.4. The number of carbonyl (C=O) groups excluding carboxylic acids is 1. The highest BCUT2D eigenvalue weighted by molar-refractivity contribution is 8.03. The molecular weight excluding hydrogens is 382 g/mol. The first-order valence-electron chi connectivity index (χ1n) is 7.96. The number of hydrogen-bond acceptors (Lipinski definition) is 7. The molecule has 0 aliphatic heterocycles. The van der Waals surface area contributed by atoms with Gasteiger partial charge >= 0.3 is 0 Å². The van der Waals surface area contributed by atoms with Crippen molar-refractivity contribution < 1.29 is 18.7 Å². The maximum absolute atomic E-state index is 11.5. The number of oxazole rings is 1. The number of carboxylic acid groups (broad SMARTS) is 1. The van der Waals surface area contributed by atoms with E-state index in [4.69, 9.17) is 8.83 Å². The summed E-state index contributed by atoms with van der Waals surface area (Å²) in [7, 11) is 0. The molecule has 4 aromatic rings. The number of hydrogen-bond donors (Lipinski definition) is 0. The first kappa shape index (κ1) is 17.5. The average Bonchev–Trinajstić information content (AvgIpc) is 3.28. The van der Waals surface area contributed by atoms with Crippen LogP contribution in [0.3, 0.4) is 0 Å². The average molecular weight is 394 g/mol. The van der Waals surface area contributed by atoms with Crippen molar-refractivity contribution in [3.8, 4) is 0 Å². The van der Waals surface area contributed by atoms with Crippen molar-refractivity contribution in [3.63, 3.8) is 0 Å². The predicted molar refractivity (Wildman–Crippen MR) is 102 cm³/mol. The highest BCUT2D eigenvalue weighted by atomic mass is 32.2. The molecule has 0 atom stereocenters. The Balaban J connectivity index is 1.55. The second-order valence-electron chi connectivity index (χ2n) is 5.42. The van der Waals surface area contributed by atoms with Crippen LogP contribution in [0.15, 0.2) is 95.7 Å². The van der Waals surface area contributed by atoms with E-state index in [-0.39, 0.29) is 10.1 Å². The molecule has 27 heavy (non-hydrogen) atoms. The Bertz CT molecular complexity index is 1080. The Morgan fingerprint density at radius 1 is 0.963 bits per heavy atom. The summed E-state index contributed by atoms with van der Waals surface area (Å²) in [6.07, 6.45) is 1.41. The van der Waals surface area contributed by atoms with Gasteiger partial charge in [0.05, 0.1) is 5.97 Å². The van der Waals surface area contributed by atoms with E-state index in [2.05, 4.69) is 4.98 Å². The van der Waals surface area contributed by atoms with E-state index in [0.717, 1.165) is 16.7 Å². The second-order valence-corrected chi connectivity index (χ2v) is 7.49. The molecule has 0 aliphatic carbocycles. The quantitative estimate of drug-likeness (QED) is 0.353. The highest BCUT2D eigenvalue weighted by Gasteiger charge is 2.11. The van der Waals surface area contributed by atoms with Gasteiger partial charge in [-0.2, -0.15) is 0 Å². The molecule has 5 nitrogen and oxygen atoms in total. The molecule has 2 aromatic carbocycles. The fourth-order valence-corrected chi connectivity index (χ4v) is 3.84. The van der Waals surface area contributed by atoms with Crippen LogP contribution in [0, 0.1) is 0 Å². The minimum atomic E-state index is -1.32. The number of carboxylic acids is 1. The van der Waals surface area contributed by atoms with Gasteiger partial charge in [-0.15, -0.1) is 0 Å². The number of nitrogens with zero attached hydrogens (tertiary/aromatic N) is 1. The topological polar surface area (TPSA) is 79.3 Å². The van der Waals surface area contributed by atoms with Gasteiger partial charge in [-0.1, -0.05) is 42.1 Å². The highest BCUT2D eigenvalue weighted by Crippen LogP contribution is 2.33. The van der Waals surface area contributed by atoms with Gasteiger partial charge in [-0.05, 0) is 54.2 Å². The van der Waals surface area contributed by atoms with Crippen LogP contribution in [0.2, 0.25) is 0 Å². The van der Waals surface area contributed by atoms with Crippen LogP contribution in [-0.4, -0.2) is 11.0 Å². The molecule has 2 heterocycles. The third-order valence-electron chi connectivity index (χ3n) is 3.51. The number of aromatic nitrogens is 1. The van der Waals surface area contributed by atoms with Crippen LogP contribution >= 0.6 is 23.5 Å². The van der Waals surface area contributed by atoms with Crippen LogP contribution in [-0.2, 0) is 4.79 Å². The molecule has 0 amide bonds. The lowest BCUT2D eigenvalue weighted by Crippen LogP contribution is -2.22. The summed E-state index contributed by atoms with van der Waals surface area (Å²) >= 11 is 2.34. The van der Waals surface area contributed by atoms with E-state index >= 15 is 0 Å². The zero-order valence-electron chi connectivity index (χ0n) is 13.8. The molecule has 4 rings (SSSR count). The van der Waals surface area contributed by atoms with Gasteiger partial charge in [-0.3, -0.25) is 0 Å². The minimum absolute atomic E-state index is 0.0489. The standard InChI is InChI=1S/C20H13NO4S2/c22-19(23)17(27-20-21-15-8-4-5-9-16(15)25-20)12-13-10-11-18(24-13)26-14-6-2-1-3-7-14/h1-12H,(H,22,23)/p-1/b17-12+. The lowest BCUT2D eigenvalue weighted by molar-refractivity contribution is -0.298. The first-order chi connectivity index (χ1) is 13.2. The van der Waals surface area contributed by atoms with Crippen molar-refractivity contribution in [3.05, 3.63) is 77.4 Å². The number of rotatable bonds is 6. The van der Waals surface area contributed by atoms with Crippen molar-refractivity contribution >= 4 is 46.7 Å². The summed E-state index contributed by atoms with van der Waals surface area (Å²) in [5.41, 5.74) is 1.26. The first-order valence-corrected chi connectivity index (χ1v) is 9.60. The van der Waals surface area contributed by atoms with Crippen LogP contribution in [0.25, 0.3) is 17.2 Å². The van der Waals surface area contributed by atoms with Gasteiger partial charge in [0.25, 0.3) is 5.22 Å². The van der Waals surface area contributed by atoms with E-state index in [1.165, 1.54) is 17.8 Å². The maximum atomic E-state index is 11.5. The number of para-hydroxylation sites is 2. The third kappa shape index (κ3) is 4.27. The predicted octanol–water partition coefficient (Wildman–Crippen LogP) is 4.46. The molecule has 0 radical (unpaired) electrons. The summed E-state index contributed by atoms with van der Waals surface area (Å²) in [4.78, 5) is 16.8. The maximum Gasteiger partial charge on any atom is 0.261 e. The van der Waals surface area contributed by atoms with Gasteiger partial charge in [0.15, 0.2) is 10.7 Å². The molecule has 0 saturated carbocycles. The van der Waals surface area contributed by atoms with Gasteiger partial charge < -0.3 is 18.7 Å². The number of aliphatic carboxylic acids is 1. The van der Waals surface area contributed by atoms with Crippen molar-refractivity contribution in [2.75, 3.05) is 0 Å². The van der Waals surface area contributed by atoms with Crippen molar-refractivity contribution in [1.82, 2.24) is 4.98 Å². The Morgan fingerprint density at radius 3 is 2.52 bits per heavy atom. The molecule has 0 aliphatic rings. The Hall–Kier alpha value is -2.90. The van der Waals surface area contributed by atoms with E-state index < -0.39 is 5.97 Å². The molecule has 0 saturated heterocycles. The second kappa shape index (κ2) is 7.77. The number of fused-ring (bicyclic) bond motifs is 1. The normalized spacial score (nSPS) is 11.8. The van der Waals surface area contributed by atoms with Crippen LogP contribution in [0.4, 0.5) is 0 Å². The van der Waals surface area contributed by atoms with E-state index in [0.29, 0.717) is 22.0 Å². The minimum Gasteiger partial charge on any atom is -0.544 e. The fourth-order valence-electron chi connectivity index (χ4n) is 2.32. The van der Waals surface area contributed by atoms with Crippen LogP contribution < -0.4 is 5.11 Å². The fraction of sp³-hybridized carbons (Fsp3) is 0. The lowest BCUT2D eigenvalue weighted by Gasteiger charge is -2.04. The zero-order chi connectivity index (χ0) is 18.6. The monoisotopic (exact) mass is 394 g/mol. The molecular formula is C20H12NO4S2-. The zero-order valence-corrected chi connectivity index (χ0v) is 15.5. The van der Waals surface area contributed by atoms with Gasteiger partial charge in [0.1, 0.15) is 11.3 Å². The number of furan rings is 1. The molecule has 0 bridgehead atoms. The lowest BCUT2D eigenvalue weighted by atomic mass is 10.3. The third-order valence-corrected chi connectivity index (χ3v) is 5.29. The molecule has 2 aromatic heterocycles. The SMILES string of the molecule is O=C([O-])/C(=C\c1ccc(Sc2ccccc2)o1)Sc1nc2ccccc2o1. The molecule has 0 N–H and O–H groups in total. The number of carbonyl (C=O) groups is 1. The summed E-state index contributed by atoms with van der Waals surface area (Å²) < 4.78 is 11.3. The Labute approximate surface area is 163 Å². The van der Waals surface area contributed by atoms with Crippen molar-refractivity contribution in [1.29, 1.82) is 0 Å². The van der Waals surface area contributed by atoms with Crippen molar-refractivity contribution in [2.45, 2.75) is 15.2 Å². The van der Waals surface area contributed by atoms with Crippen molar-refractivity contribution in [2.24, 2.45) is 0 Å². The Kier molecular flexibility index (Phi) is 5.04. The van der Waals surface area contributed by atoms with Gasteiger partial charge in [-0.25, -0.2) is 4.98 Å². The van der Waals surface area contributed by atoms with Crippen LogP contribution in [0.1, 0.15) is 5.76 Å². The molecule has 0 unspecified atom stereocenters. The largest absolute Gasteiger partial charge is 0.544 e. The smallest absolute Gasteiger partial charge is 0.261 e. The van der Waals surface area contributed by atoms with Gasteiger partial charge in [0, 0.05) is 9.80 Å². The van der Waals surface area contributed by atoms with E-state index in [1.54, 1.807) is 24.3 Å². The molecule has 134 valence electrons. The summed E-state index contributed by atoms with van der Waals surface area (Å²) in [5.74, 6) is -0.910. The van der Waals surface area contributed by atoms with Crippen LogP contribution in [0.5, 0.6) is 0 Å².